The number of phosphoric ester groups is 1. The predicted octanol–water partition coefficient (Wildman–Crippen LogP) is 12.1. The Balaban J connectivity index is 4.19. The first-order valence-corrected chi connectivity index (χ1v) is 24.9. The Bertz CT molecular complexity index is 893. The van der Waals surface area contributed by atoms with Crippen molar-refractivity contribution in [3.8, 4) is 0 Å². The molecule has 0 spiro atoms. The standard InChI is InChI=1S/C45H91N2O7P/c1-3-5-7-9-11-13-15-17-19-20-21-22-23-24-26-28-30-32-34-36-42(48)40-45(50)47-43(41-54-55(51,52)53-39-38-46)44(49)37-35-33-31-29-27-25-18-16-14-12-10-8-6-4-2/h22-23,42-44,48-49H,3-21,24-41,46H2,1-2H3,(H,47,50)(H,51,52)/b23-22-. The highest BCUT2D eigenvalue weighted by Crippen LogP contribution is 2.43. The molecule has 328 valence electrons. The van der Waals surface area contributed by atoms with Gasteiger partial charge in [0.1, 0.15) is 0 Å². The van der Waals surface area contributed by atoms with E-state index in [1.807, 2.05) is 0 Å². The van der Waals surface area contributed by atoms with Crippen LogP contribution in [-0.2, 0) is 18.4 Å². The van der Waals surface area contributed by atoms with Crippen molar-refractivity contribution in [3.05, 3.63) is 12.2 Å². The van der Waals surface area contributed by atoms with Crippen molar-refractivity contribution in [1.29, 1.82) is 0 Å². The molecular formula is C45H91N2O7P. The van der Waals surface area contributed by atoms with Crippen molar-refractivity contribution in [2.24, 2.45) is 5.73 Å². The fourth-order valence-corrected chi connectivity index (χ4v) is 7.88. The van der Waals surface area contributed by atoms with Gasteiger partial charge in [0.2, 0.25) is 5.91 Å². The number of aliphatic hydroxyl groups is 2. The van der Waals surface area contributed by atoms with E-state index in [0.29, 0.717) is 12.8 Å². The first-order chi connectivity index (χ1) is 26.8. The van der Waals surface area contributed by atoms with Gasteiger partial charge in [-0.1, -0.05) is 199 Å². The van der Waals surface area contributed by atoms with Crippen LogP contribution in [-0.4, -0.2) is 59.0 Å². The molecule has 0 radical (unpaired) electrons. The Kier molecular flexibility index (Phi) is 40.8. The molecule has 0 aromatic carbocycles. The molecule has 9 nitrogen and oxygen atoms in total. The lowest BCUT2D eigenvalue weighted by Crippen LogP contribution is -2.47. The number of hydrogen-bond acceptors (Lipinski definition) is 7. The van der Waals surface area contributed by atoms with E-state index in [1.54, 1.807) is 0 Å². The minimum atomic E-state index is -4.37. The van der Waals surface area contributed by atoms with Gasteiger partial charge in [-0.2, -0.15) is 0 Å². The lowest BCUT2D eigenvalue weighted by Gasteiger charge is -2.25. The van der Waals surface area contributed by atoms with Crippen LogP contribution in [0.4, 0.5) is 0 Å². The van der Waals surface area contributed by atoms with Crippen LogP contribution in [0.15, 0.2) is 12.2 Å². The van der Waals surface area contributed by atoms with E-state index in [-0.39, 0.29) is 26.2 Å². The van der Waals surface area contributed by atoms with Crippen molar-refractivity contribution in [2.75, 3.05) is 19.8 Å². The number of aliphatic hydroxyl groups excluding tert-OH is 2. The summed E-state index contributed by atoms with van der Waals surface area (Å²) in [5.41, 5.74) is 5.37. The molecule has 0 rings (SSSR count). The maximum Gasteiger partial charge on any atom is 0.472 e. The van der Waals surface area contributed by atoms with Gasteiger partial charge in [0.05, 0.1) is 37.9 Å². The van der Waals surface area contributed by atoms with Crippen LogP contribution in [0.2, 0.25) is 0 Å². The Labute approximate surface area is 339 Å². The summed E-state index contributed by atoms with van der Waals surface area (Å²) in [6, 6.07) is -0.896. The molecule has 0 aromatic heterocycles. The third-order valence-corrected chi connectivity index (χ3v) is 11.7. The minimum Gasteiger partial charge on any atom is -0.393 e. The van der Waals surface area contributed by atoms with E-state index in [2.05, 4.69) is 31.3 Å². The number of carbonyl (C=O) groups excluding carboxylic acids is 1. The molecule has 0 aliphatic rings. The van der Waals surface area contributed by atoms with E-state index in [4.69, 9.17) is 14.8 Å². The first kappa shape index (κ1) is 54.2. The average molecular weight is 803 g/mol. The Hall–Kier alpha value is -0.800. The summed E-state index contributed by atoms with van der Waals surface area (Å²) in [7, 11) is -4.37. The highest BCUT2D eigenvalue weighted by Gasteiger charge is 2.28. The third-order valence-electron chi connectivity index (χ3n) is 10.7. The summed E-state index contributed by atoms with van der Waals surface area (Å²) >= 11 is 0. The van der Waals surface area contributed by atoms with E-state index in [0.717, 1.165) is 44.9 Å². The topological polar surface area (TPSA) is 151 Å². The summed E-state index contributed by atoms with van der Waals surface area (Å²) in [4.78, 5) is 22.8. The number of phosphoric acid groups is 1. The zero-order chi connectivity index (χ0) is 40.5. The van der Waals surface area contributed by atoms with Gasteiger partial charge in [-0.05, 0) is 38.5 Å². The molecule has 10 heteroatoms. The number of unbranched alkanes of at least 4 members (excludes halogenated alkanes) is 28. The number of carbonyl (C=O) groups is 1. The highest BCUT2D eigenvalue weighted by atomic mass is 31.2. The van der Waals surface area contributed by atoms with Crippen LogP contribution in [0.5, 0.6) is 0 Å². The molecule has 55 heavy (non-hydrogen) atoms. The largest absolute Gasteiger partial charge is 0.472 e. The average Bonchev–Trinajstić information content (AvgIpc) is 3.16. The van der Waals surface area contributed by atoms with Gasteiger partial charge in [-0.25, -0.2) is 4.57 Å². The summed E-state index contributed by atoms with van der Waals surface area (Å²) < 4.78 is 22.2. The lowest BCUT2D eigenvalue weighted by atomic mass is 10.0. The number of allylic oxidation sites excluding steroid dienone is 2. The maximum absolute atomic E-state index is 12.8. The van der Waals surface area contributed by atoms with Crippen LogP contribution in [0.25, 0.3) is 0 Å². The second-order valence-corrected chi connectivity index (χ2v) is 17.6. The van der Waals surface area contributed by atoms with E-state index < -0.39 is 32.0 Å². The monoisotopic (exact) mass is 803 g/mol. The van der Waals surface area contributed by atoms with Gasteiger partial charge in [0.25, 0.3) is 0 Å². The Morgan fingerprint density at radius 2 is 0.982 bits per heavy atom. The number of rotatable bonds is 44. The molecule has 6 N–H and O–H groups in total. The van der Waals surface area contributed by atoms with Crippen molar-refractivity contribution < 1.29 is 33.5 Å². The Morgan fingerprint density at radius 3 is 1.40 bits per heavy atom. The molecule has 1 amide bonds. The number of amides is 1. The van der Waals surface area contributed by atoms with Crippen LogP contribution >= 0.6 is 7.82 Å². The summed E-state index contributed by atoms with van der Waals surface area (Å²) in [5.74, 6) is -0.415. The molecule has 0 bridgehead atoms. The quantitative estimate of drug-likeness (QED) is 0.0232. The van der Waals surface area contributed by atoms with Crippen LogP contribution < -0.4 is 11.1 Å². The Morgan fingerprint density at radius 1 is 0.600 bits per heavy atom. The normalized spacial score (nSPS) is 14.7. The number of nitrogens with one attached hydrogen (secondary N) is 1. The smallest absolute Gasteiger partial charge is 0.393 e. The van der Waals surface area contributed by atoms with Crippen molar-refractivity contribution >= 4 is 13.7 Å². The second kappa shape index (κ2) is 41.4. The summed E-state index contributed by atoms with van der Waals surface area (Å²) in [6.45, 7) is 4.06. The van der Waals surface area contributed by atoms with Gasteiger partial charge < -0.3 is 26.2 Å². The fraction of sp³-hybridized carbons (Fsp3) is 0.933. The van der Waals surface area contributed by atoms with E-state index in [1.165, 1.54) is 154 Å². The van der Waals surface area contributed by atoms with Crippen LogP contribution in [0, 0.1) is 0 Å². The van der Waals surface area contributed by atoms with Gasteiger partial charge >= 0.3 is 7.82 Å². The maximum atomic E-state index is 12.8. The lowest BCUT2D eigenvalue weighted by molar-refractivity contribution is -0.125. The van der Waals surface area contributed by atoms with E-state index in [9.17, 15) is 24.5 Å². The molecule has 0 aliphatic carbocycles. The summed E-state index contributed by atoms with van der Waals surface area (Å²) in [5, 5.41) is 24.2. The molecule has 4 unspecified atom stereocenters. The van der Waals surface area contributed by atoms with Crippen molar-refractivity contribution in [3.63, 3.8) is 0 Å². The minimum absolute atomic E-state index is 0.0601. The molecule has 0 heterocycles. The SMILES string of the molecule is CCCCCCCCCCCC/C=C\CCCCCCCC(O)CC(=O)NC(COP(=O)(O)OCCN)C(O)CCCCCCCCCCCCCCCC. The number of hydrogen-bond donors (Lipinski definition) is 5. The number of nitrogens with two attached hydrogens (primary N) is 1. The van der Waals surface area contributed by atoms with Gasteiger partial charge in [-0.15, -0.1) is 0 Å². The molecule has 4 atom stereocenters. The molecular weight excluding hydrogens is 711 g/mol. The van der Waals surface area contributed by atoms with Gasteiger partial charge in [0, 0.05) is 6.54 Å². The second-order valence-electron chi connectivity index (χ2n) is 16.2. The predicted molar refractivity (Wildman–Crippen MR) is 232 cm³/mol. The molecule has 0 aliphatic heterocycles. The molecule has 0 aromatic rings. The third kappa shape index (κ3) is 39.8. The van der Waals surface area contributed by atoms with Crippen molar-refractivity contribution in [2.45, 2.75) is 250 Å². The first-order valence-electron chi connectivity index (χ1n) is 23.4. The molecule has 0 saturated heterocycles. The van der Waals surface area contributed by atoms with Crippen LogP contribution in [0.3, 0.4) is 0 Å². The molecule has 0 saturated carbocycles. The highest BCUT2D eigenvalue weighted by molar-refractivity contribution is 7.47. The fourth-order valence-electron chi connectivity index (χ4n) is 7.12. The zero-order valence-corrected chi connectivity index (χ0v) is 36.9. The van der Waals surface area contributed by atoms with E-state index >= 15 is 0 Å². The van der Waals surface area contributed by atoms with Gasteiger partial charge in [-0.3, -0.25) is 13.8 Å². The molecule has 0 fully saturated rings. The zero-order valence-electron chi connectivity index (χ0n) is 36.0. The van der Waals surface area contributed by atoms with Crippen LogP contribution in [0.1, 0.15) is 232 Å². The summed E-state index contributed by atoms with van der Waals surface area (Å²) in [6.07, 6.45) is 42.5. The van der Waals surface area contributed by atoms with Gasteiger partial charge in [0.15, 0.2) is 0 Å². The van der Waals surface area contributed by atoms with Crippen molar-refractivity contribution in [1.82, 2.24) is 5.32 Å².